The van der Waals surface area contributed by atoms with E-state index >= 15 is 0 Å². The van der Waals surface area contributed by atoms with E-state index in [-0.39, 0.29) is 21.1 Å². The van der Waals surface area contributed by atoms with Gasteiger partial charge in [0.05, 0.1) is 0 Å². The van der Waals surface area contributed by atoms with E-state index in [0.29, 0.717) is 5.57 Å². The fourth-order valence-electron chi connectivity index (χ4n) is 0. The third-order valence-electron chi connectivity index (χ3n) is 0.174. The molecule has 0 aliphatic heterocycles. The molecular formula is C4H5OW-. The van der Waals surface area contributed by atoms with E-state index in [1.54, 1.807) is 13.2 Å². The van der Waals surface area contributed by atoms with Crippen LogP contribution in [0.25, 0.3) is 0 Å². The Balaban J connectivity index is 0. The first kappa shape index (κ1) is 9.44. The Bertz CT molecular complexity index is 58.6. The molecule has 0 saturated heterocycles. The van der Waals surface area contributed by atoms with Gasteiger partial charge in [-0.15, -0.1) is 0 Å². The molecule has 0 radical (unpaired) electrons. The van der Waals surface area contributed by atoms with Crippen LogP contribution in [0.1, 0.15) is 6.92 Å². The van der Waals surface area contributed by atoms with Crippen LogP contribution in [0.2, 0.25) is 0 Å². The van der Waals surface area contributed by atoms with Crippen LogP contribution in [0.15, 0.2) is 12.2 Å². The summed E-state index contributed by atoms with van der Waals surface area (Å²) in [5.41, 5.74) is 0.449. The Kier molecular flexibility index (Phi) is 8.02. The third-order valence-corrected chi connectivity index (χ3v) is 0.174. The number of hydrogen-bond acceptors (Lipinski definition) is 1. The molecule has 0 aromatic heterocycles. The largest absolute Gasteiger partial charge is 0.419 e. The fourth-order valence-corrected chi connectivity index (χ4v) is 0. The van der Waals surface area contributed by atoms with Gasteiger partial charge in [0.25, 0.3) is 0 Å². The van der Waals surface area contributed by atoms with Gasteiger partial charge in [-0.1, -0.05) is 6.92 Å². The summed E-state index contributed by atoms with van der Waals surface area (Å²) in [4.78, 5) is 9.28. The molecule has 0 fully saturated rings. The predicted molar refractivity (Wildman–Crippen MR) is 20.5 cm³/mol. The van der Waals surface area contributed by atoms with E-state index in [0.717, 1.165) is 0 Å². The topological polar surface area (TPSA) is 17.1 Å². The van der Waals surface area contributed by atoms with Crippen LogP contribution in [0.5, 0.6) is 0 Å². The molecule has 0 atom stereocenters. The van der Waals surface area contributed by atoms with Crippen molar-refractivity contribution in [1.82, 2.24) is 0 Å². The molecule has 34 valence electrons. The van der Waals surface area contributed by atoms with Crippen molar-refractivity contribution in [3.63, 3.8) is 0 Å². The SMILES string of the molecule is C=C(C)[C-]=O.[W]. The second kappa shape index (κ2) is 5.10. The normalized spacial score (nSPS) is 5.50. The molecule has 0 amide bonds. The molecule has 0 saturated carbocycles. The standard InChI is InChI=1S/C4H5O.W/c1-4(2)3-5;/h1H2,2H3;/q-1;. The Labute approximate surface area is 51.7 Å². The minimum Gasteiger partial charge on any atom is -0.419 e. The summed E-state index contributed by atoms with van der Waals surface area (Å²) in [6.45, 7) is 4.85. The monoisotopic (exact) mass is 253 g/mol. The Morgan fingerprint density at radius 1 is 1.83 bits per heavy atom. The summed E-state index contributed by atoms with van der Waals surface area (Å²) in [6, 6.07) is 0. The Morgan fingerprint density at radius 2 is 2.00 bits per heavy atom. The van der Waals surface area contributed by atoms with Crippen LogP contribution in [0.4, 0.5) is 0 Å². The minimum absolute atomic E-state index is 0. The summed E-state index contributed by atoms with van der Waals surface area (Å²) < 4.78 is 0. The van der Waals surface area contributed by atoms with E-state index in [9.17, 15) is 4.79 Å². The van der Waals surface area contributed by atoms with Crippen molar-refractivity contribution in [2.24, 2.45) is 0 Å². The summed E-state index contributed by atoms with van der Waals surface area (Å²) in [7, 11) is 0. The zero-order chi connectivity index (χ0) is 4.28. The molecule has 0 heterocycles. The third kappa shape index (κ3) is 8.94. The minimum atomic E-state index is 0. The molecule has 0 spiro atoms. The van der Waals surface area contributed by atoms with Gasteiger partial charge in [-0.3, -0.25) is 0 Å². The molecule has 6 heavy (non-hydrogen) atoms. The maximum atomic E-state index is 9.28. The summed E-state index contributed by atoms with van der Waals surface area (Å²) in [5, 5.41) is 0. The second-order valence-electron chi connectivity index (χ2n) is 0.882. The van der Waals surface area contributed by atoms with E-state index in [1.807, 2.05) is 0 Å². The van der Waals surface area contributed by atoms with Gasteiger partial charge in [0.2, 0.25) is 0 Å². The molecule has 2 heteroatoms. The van der Waals surface area contributed by atoms with Crippen molar-refractivity contribution in [3.8, 4) is 0 Å². The molecule has 1 nitrogen and oxygen atoms in total. The van der Waals surface area contributed by atoms with Gasteiger partial charge >= 0.3 is 0 Å². The molecule has 0 bridgehead atoms. The van der Waals surface area contributed by atoms with Crippen molar-refractivity contribution in [2.45, 2.75) is 6.92 Å². The molecule has 0 N–H and O–H groups in total. The summed E-state index contributed by atoms with van der Waals surface area (Å²) in [6.07, 6.45) is 1.58. The maximum absolute atomic E-state index is 9.28. The van der Waals surface area contributed by atoms with Crippen molar-refractivity contribution >= 4 is 6.29 Å². The smallest absolute Gasteiger partial charge is 0 e. The number of hydrogen-bond donors (Lipinski definition) is 0. The molecule has 0 rings (SSSR count). The first-order chi connectivity index (χ1) is 2.27. The molecule has 0 aromatic carbocycles. The number of allylic oxidation sites excluding steroid dienone is 1. The average Bonchev–Trinajstić information content (AvgIpc) is 1.38. The van der Waals surface area contributed by atoms with Crippen molar-refractivity contribution in [3.05, 3.63) is 12.2 Å². The first-order valence-electron chi connectivity index (χ1n) is 1.31. The molecular weight excluding hydrogens is 248 g/mol. The number of rotatable bonds is 1. The van der Waals surface area contributed by atoms with Gasteiger partial charge in [0, 0.05) is 21.1 Å². The van der Waals surface area contributed by atoms with Gasteiger partial charge in [0.15, 0.2) is 0 Å². The molecule has 0 aromatic rings. The Hall–Kier alpha value is 0.0983. The zero-order valence-electron chi connectivity index (χ0n) is 3.52. The van der Waals surface area contributed by atoms with Crippen LogP contribution >= 0.6 is 0 Å². The van der Waals surface area contributed by atoms with E-state index in [2.05, 4.69) is 6.58 Å². The molecule has 0 unspecified atom stereocenters. The average molecular weight is 253 g/mol. The summed E-state index contributed by atoms with van der Waals surface area (Å²) >= 11 is 0. The first-order valence-corrected chi connectivity index (χ1v) is 1.31. The maximum Gasteiger partial charge on any atom is 0 e. The Morgan fingerprint density at radius 3 is 2.00 bits per heavy atom. The molecule has 0 aliphatic carbocycles. The second-order valence-corrected chi connectivity index (χ2v) is 0.882. The van der Waals surface area contributed by atoms with Crippen LogP contribution in [0, 0.1) is 0 Å². The molecule has 0 aliphatic rings. The van der Waals surface area contributed by atoms with E-state index in [4.69, 9.17) is 0 Å². The van der Waals surface area contributed by atoms with Crippen molar-refractivity contribution < 1.29 is 25.9 Å². The van der Waals surface area contributed by atoms with Crippen LogP contribution < -0.4 is 0 Å². The quantitative estimate of drug-likeness (QED) is 0.495. The van der Waals surface area contributed by atoms with Crippen molar-refractivity contribution in [1.29, 1.82) is 0 Å². The zero-order valence-corrected chi connectivity index (χ0v) is 6.46. The van der Waals surface area contributed by atoms with Gasteiger partial charge in [-0.05, 0) is 6.29 Å². The van der Waals surface area contributed by atoms with Crippen LogP contribution in [0.3, 0.4) is 0 Å². The van der Waals surface area contributed by atoms with E-state index in [1.165, 1.54) is 0 Å². The van der Waals surface area contributed by atoms with Gasteiger partial charge < -0.3 is 4.79 Å². The fraction of sp³-hybridized carbons (Fsp3) is 0.250. The van der Waals surface area contributed by atoms with E-state index < -0.39 is 0 Å². The van der Waals surface area contributed by atoms with Crippen molar-refractivity contribution in [2.75, 3.05) is 0 Å². The van der Waals surface area contributed by atoms with Gasteiger partial charge in [-0.2, -0.15) is 5.57 Å². The van der Waals surface area contributed by atoms with Crippen LogP contribution in [-0.4, -0.2) is 6.29 Å². The number of carbonyl (C=O) groups excluding carboxylic acids is 1. The summed E-state index contributed by atoms with van der Waals surface area (Å²) in [5.74, 6) is 0. The van der Waals surface area contributed by atoms with Gasteiger partial charge in [-0.25, -0.2) is 6.58 Å². The van der Waals surface area contributed by atoms with Gasteiger partial charge in [0.1, 0.15) is 0 Å². The predicted octanol–water partition coefficient (Wildman–Crippen LogP) is 0.670. The van der Waals surface area contributed by atoms with Crippen LogP contribution in [-0.2, 0) is 25.9 Å².